The standard InChI is InChI=1S/C12H13N5O4.C11H13N5O5/c1-2-3-5-7(18)8(19)11(21-5)17-4-14-6-9(17)15-12(13)16-10(6)20;12-11-14-8-5(9(20)15-11)13-3-16(8)10-7(19)6(18)4(21-10)1-2-17/h1,4-5,7-8,11,18-19H,3H2,(H3,13,15,16,20);2-4,6-7,10,18-19H,1H2,(H3,12,14,15,20)/t5-,7-,8-,11-;4-,6-,7-,10-/m11/s1. The zero-order valence-electron chi connectivity index (χ0n) is 21.5. The molecule has 0 unspecified atom stereocenters. The Morgan fingerprint density at radius 1 is 0.857 bits per heavy atom. The van der Waals surface area contributed by atoms with E-state index in [1.165, 1.54) is 21.8 Å². The van der Waals surface area contributed by atoms with Gasteiger partial charge < -0.3 is 46.2 Å². The smallest absolute Gasteiger partial charge is 0.280 e. The van der Waals surface area contributed by atoms with Crippen LogP contribution in [0.4, 0.5) is 11.9 Å². The van der Waals surface area contributed by atoms with Crippen molar-refractivity contribution in [2.75, 3.05) is 11.5 Å². The molecule has 222 valence electrons. The van der Waals surface area contributed by atoms with Gasteiger partial charge in [0, 0.05) is 12.8 Å². The minimum atomic E-state index is -1.28. The molecule has 6 heterocycles. The summed E-state index contributed by atoms with van der Waals surface area (Å²) in [4.78, 5) is 54.3. The van der Waals surface area contributed by atoms with Crippen molar-refractivity contribution in [3.8, 4) is 12.3 Å². The number of hydrogen-bond donors (Lipinski definition) is 8. The third-order valence-corrected chi connectivity index (χ3v) is 6.77. The monoisotopic (exact) mass is 586 g/mol. The van der Waals surface area contributed by atoms with Crippen LogP contribution in [-0.2, 0) is 14.3 Å². The van der Waals surface area contributed by atoms with Gasteiger partial charge in [-0.1, -0.05) is 0 Å². The van der Waals surface area contributed by atoms with Crippen molar-refractivity contribution >= 4 is 40.5 Å². The van der Waals surface area contributed by atoms with Crippen LogP contribution in [0.1, 0.15) is 25.3 Å². The summed E-state index contributed by atoms with van der Waals surface area (Å²) in [6.07, 6.45) is 0.0796. The van der Waals surface area contributed by atoms with E-state index < -0.39 is 60.2 Å². The van der Waals surface area contributed by atoms with E-state index >= 15 is 0 Å². The molecule has 19 heteroatoms. The highest BCUT2D eigenvalue weighted by Gasteiger charge is 2.45. The first-order valence-electron chi connectivity index (χ1n) is 12.4. The molecule has 0 amide bonds. The van der Waals surface area contributed by atoms with Crippen molar-refractivity contribution in [2.45, 2.75) is 61.9 Å². The van der Waals surface area contributed by atoms with Crippen LogP contribution < -0.4 is 22.6 Å². The number of H-pyrrole nitrogens is 2. The summed E-state index contributed by atoms with van der Waals surface area (Å²) in [5.41, 5.74) is 10.4. The number of rotatable bonds is 5. The molecule has 2 fully saturated rings. The van der Waals surface area contributed by atoms with E-state index in [-0.39, 0.29) is 47.1 Å². The Balaban J connectivity index is 0.000000168. The molecule has 0 saturated carbocycles. The molecule has 2 saturated heterocycles. The molecular formula is C23H26N10O9. The van der Waals surface area contributed by atoms with E-state index in [0.717, 1.165) is 0 Å². The fourth-order valence-electron chi connectivity index (χ4n) is 4.75. The second-order valence-corrected chi connectivity index (χ2v) is 9.45. The third-order valence-electron chi connectivity index (χ3n) is 6.77. The lowest BCUT2D eigenvalue weighted by Crippen LogP contribution is -2.31. The summed E-state index contributed by atoms with van der Waals surface area (Å²) in [5, 5.41) is 39.9. The van der Waals surface area contributed by atoms with Crippen LogP contribution in [0.25, 0.3) is 22.3 Å². The molecule has 4 aromatic rings. The first kappa shape index (κ1) is 28.8. The van der Waals surface area contributed by atoms with Gasteiger partial charge in [0.25, 0.3) is 11.1 Å². The molecule has 0 radical (unpaired) electrons. The van der Waals surface area contributed by atoms with Gasteiger partial charge in [-0.2, -0.15) is 9.97 Å². The lowest BCUT2D eigenvalue weighted by Gasteiger charge is -2.16. The number of nitrogens with zero attached hydrogens (tertiary/aromatic N) is 6. The fraction of sp³-hybridized carbons (Fsp3) is 0.435. The lowest BCUT2D eigenvalue weighted by molar-refractivity contribution is -0.112. The fourth-order valence-corrected chi connectivity index (χ4v) is 4.75. The minimum Gasteiger partial charge on any atom is -0.388 e. The van der Waals surface area contributed by atoms with Gasteiger partial charge in [-0.15, -0.1) is 12.3 Å². The number of anilines is 2. The maximum absolute atomic E-state index is 11.7. The molecule has 2 aliphatic heterocycles. The molecule has 42 heavy (non-hydrogen) atoms. The molecule has 10 N–H and O–H groups in total. The van der Waals surface area contributed by atoms with Gasteiger partial charge >= 0.3 is 0 Å². The zero-order valence-corrected chi connectivity index (χ0v) is 21.5. The number of ether oxygens (including phenoxy) is 2. The lowest BCUT2D eigenvalue weighted by atomic mass is 10.1. The molecule has 19 nitrogen and oxygen atoms in total. The van der Waals surface area contributed by atoms with Gasteiger partial charge in [0.2, 0.25) is 11.9 Å². The number of carbonyl (C=O) groups is 1. The largest absolute Gasteiger partial charge is 0.388 e. The van der Waals surface area contributed by atoms with Gasteiger partial charge in [-0.3, -0.25) is 28.7 Å². The number of aliphatic hydroxyl groups is 4. The average Bonchev–Trinajstić information content (AvgIpc) is 3.68. The number of aldehydes is 1. The summed E-state index contributed by atoms with van der Waals surface area (Å²) in [7, 11) is 0. The number of nitrogens with one attached hydrogen (secondary N) is 2. The van der Waals surface area contributed by atoms with E-state index in [1.807, 2.05) is 0 Å². The van der Waals surface area contributed by atoms with Crippen LogP contribution in [0.15, 0.2) is 22.2 Å². The Labute approximate surface area is 233 Å². The Bertz CT molecular complexity index is 1770. The molecule has 0 aromatic carbocycles. The maximum atomic E-state index is 11.7. The number of aromatic amines is 2. The quantitative estimate of drug-likeness (QED) is 0.0823. The van der Waals surface area contributed by atoms with Crippen molar-refractivity contribution in [3.63, 3.8) is 0 Å². The summed E-state index contributed by atoms with van der Waals surface area (Å²) in [6.45, 7) is 0. The Morgan fingerprint density at radius 3 is 1.76 bits per heavy atom. The van der Waals surface area contributed by atoms with Crippen LogP contribution in [0, 0.1) is 12.3 Å². The first-order chi connectivity index (χ1) is 20.0. The highest BCUT2D eigenvalue weighted by molar-refractivity contribution is 5.71. The summed E-state index contributed by atoms with van der Waals surface area (Å²) in [6, 6.07) is 0. The molecule has 0 aliphatic carbocycles. The van der Waals surface area contributed by atoms with Gasteiger partial charge in [-0.05, 0) is 0 Å². The number of imidazole rings is 2. The second-order valence-electron chi connectivity index (χ2n) is 9.45. The van der Waals surface area contributed by atoms with Gasteiger partial charge in [0.15, 0.2) is 34.8 Å². The van der Waals surface area contributed by atoms with Crippen molar-refractivity contribution in [2.24, 2.45) is 0 Å². The van der Waals surface area contributed by atoms with Crippen molar-refractivity contribution < 1.29 is 34.7 Å². The van der Waals surface area contributed by atoms with Crippen LogP contribution in [-0.4, -0.2) is 102 Å². The highest BCUT2D eigenvalue weighted by atomic mass is 16.6. The number of hydrogen-bond acceptors (Lipinski definition) is 15. The molecule has 0 bridgehead atoms. The van der Waals surface area contributed by atoms with Crippen LogP contribution in [0.3, 0.4) is 0 Å². The molecule has 6 rings (SSSR count). The van der Waals surface area contributed by atoms with E-state index in [2.05, 4.69) is 35.8 Å². The number of fused-ring (bicyclic) bond motifs is 2. The Hall–Kier alpha value is -4.71. The van der Waals surface area contributed by atoms with Crippen molar-refractivity contribution in [3.05, 3.63) is 33.4 Å². The number of carbonyl (C=O) groups excluding carboxylic acids is 1. The number of aromatic nitrogens is 8. The SMILES string of the molecule is C#CC[C@H]1O[C@@H](n2cnc3c(=O)[nH]c(N)nc32)[C@H](O)[C@@H]1O.Nc1nc2c(ncn2[C@@H]2O[C@H](CC=O)[C@@H](O)[C@H]2O)c(=O)[nH]1. The predicted octanol–water partition coefficient (Wildman–Crippen LogP) is -3.75. The molecular weight excluding hydrogens is 560 g/mol. The third kappa shape index (κ3) is 4.98. The van der Waals surface area contributed by atoms with Crippen LogP contribution >= 0.6 is 0 Å². The second kappa shape index (κ2) is 11.3. The molecule has 4 aromatic heterocycles. The van der Waals surface area contributed by atoms with Gasteiger partial charge in [0.1, 0.15) is 30.7 Å². The first-order valence-corrected chi connectivity index (χ1v) is 12.4. The number of aliphatic hydroxyl groups excluding tert-OH is 4. The molecule has 2 aliphatic rings. The average molecular weight is 587 g/mol. The van der Waals surface area contributed by atoms with E-state index in [9.17, 15) is 34.8 Å². The molecule has 8 atom stereocenters. The normalized spacial score (nSPS) is 28.9. The van der Waals surface area contributed by atoms with Crippen molar-refractivity contribution in [1.29, 1.82) is 0 Å². The van der Waals surface area contributed by atoms with Crippen LogP contribution in [0.2, 0.25) is 0 Å². The molecule has 0 spiro atoms. The Morgan fingerprint density at radius 2 is 1.31 bits per heavy atom. The topological polar surface area (TPSA) is 296 Å². The summed E-state index contributed by atoms with van der Waals surface area (Å²) in [5.74, 6) is 2.18. The summed E-state index contributed by atoms with van der Waals surface area (Å²) < 4.78 is 13.7. The van der Waals surface area contributed by atoms with E-state index in [0.29, 0.717) is 6.29 Å². The number of nitrogen functional groups attached to an aromatic ring is 2. The van der Waals surface area contributed by atoms with E-state index in [4.69, 9.17) is 27.4 Å². The van der Waals surface area contributed by atoms with Crippen molar-refractivity contribution in [1.82, 2.24) is 39.0 Å². The number of nitrogens with two attached hydrogens (primary N) is 2. The zero-order chi connectivity index (χ0) is 30.3. The predicted molar refractivity (Wildman–Crippen MR) is 141 cm³/mol. The highest BCUT2D eigenvalue weighted by Crippen LogP contribution is 2.33. The maximum Gasteiger partial charge on any atom is 0.280 e. The number of terminal acetylenes is 1. The Kier molecular flexibility index (Phi) is 7.74. The van der Waals surface area contributed by atoms with E-state index in [1.54, 1.807) is 0 Å². The van der Waals surface area contributed by atoms with Gasteiger partial charge in [-0.25, -0.2) is 9.97 Å². The summed E-state index contributed by atoms with van der Waals surface area (Å²) >= 11 is 0. The minimum absolute atomic E-state index is 0.0355. The van der Waals surface area contributed by atoms with Crippen LogP contribution in [0.5, 0.6) is 0 Å². The van der Waals surface area contributed by atoms with Gasteiger partial charge in [0.05, 0.1) is 24.9 Å².